The van der Waals surface area contributed by atoms with Crippen molar-refractivity contribution in [2.75, 3.05) is 10.6 Å². The lowest BCUT2D eigenvalue weighted by atomic mass is 10.2. The minimum absolute atomic E-state index is 0.410. The summed E-state index contributed by atoms with van der Waals surface area (Å²) in [5.41, 5.74) is 3.52. The number of benzene rings is 2. The maximum absolute atomic E-state index is 8.80. The van der Waals surface area contributed by atoms with Crippen LogP contribution in [-0.2, 0) is 0 Å². The summed E-state index contributed by atoms with van der Waals surface area (Å²) in [6.45, 7) is 2.03. The fourth-order valence-electron chi connectivity index (χ4n) is 1.96. The summed E-state index contributed by atoms with van der Waals surface area (Å²) in [6, 6.07) is 17.1. The van der Waals surface area contributed by atoms with Gasteiger partial charge in [0.2, 0.25) is 5.95 Å². The van der Waals surface area contributed by atoms with Crippen LogP contribution in [0, 0.1) is 18.3 Å². The monoisotopic (exact) mass is 302 g/mol. The summed E-state index contributed by atoms with van der Waals surface area (Å²) < 4.78 is 0. The maximum Gasteiger partial charge on any atom is 0.249 e. The highest BCUT2D eigenvalue weighted by Gasteiger charge is 2.02. The minimum atomic E-state index is 0.410. The SMILES string of the molecule is Cc1ccc(Nc2nncc(Nc3ccc(C#N)cc3)n2)cc1. The Morgan fingerprint density at radius 3 is 2.26 bits per heavy atom. The van der Waals surface area contributed by atoms with Crippen LogP contribution in [0.4, 0.5) is 23.1 Å². The van der Waals surface area contributed by atoms with Gasteiger partial charge in [-0.15, -0.1) is 5.10 Å². The lowest BCUT2D eigenvalue weighted by molar-refractivity contribution is 0.982. The Bertz CT molecular complexity index is 834. The molecular formula is C17H14N6. The van der Waals surface area contributed by atoms with Gasteiger partial charge in [-0.3, -0.25) is 0 Å². The predicted molar refractivity (Wildman–Crippen MR) is 88.7 cm³/mol. The summed E-state index contributed by atoms with van der Waals surface area (Å²) in [5, 5.41) is 22.9. The van der Waals surface area contributed by atoms with E-state index in [-0.39, 0.29) is 0 Å². The Morgan fingerprint density at radius 2 is 1.57 bits per heavy atom. The molecule has 0 amide bonds. The third-order valence-corrected chi connectivity index (χ3v) is 3.15. The van der Waals surface area contributed by atoms with Crippen LogP contribution in [0.25, 0.3) is 0 Å². The molecule has 0 aliphatic carbocycles. The molecule has 0 atom stereocenters. The largest absolute Gasteiger partial charge is 0.339 e. The van der Waals surface area contributed by atoms with Gasteiger partial charge in [-0.25, -0.2) is 0 Å². The zero-order chi connectivity index (χ0) is 16.1. The van der Waals surface area contributed by atoms with Gasteiger partial charge in [0.05, 0.1) is 17.8 Å². The average Bonchev–Trinajstić information content (AvgIpc) is 2.58. The van der Waals surface area contributed by atoms with Crippen molar-refractivity contribution in [3.63, 3.8) is 0 Å². The number of hydrogen-bond acceptors (Lipinski definition) is 6. The van der Waals surface area contributed by atoms with E-state index in [2.05, 4.69) is 31.9 Å². The van der Waals surface area contributed by atoms with Crippen LogP contribution < -0.4 is 10.6 Å². The van der Waals surface area contributed by atoms with Crippen molar-refractivity contribution in [2.24, 2.45) is 0 Å². The highest BCUT2D eigenvalue weighted by Crippen LogP contribution is 2.17. The smallest absolute Gasteiger partial charge is 0.249 e. The van der Waals surface area contributed by atoms with E-state index in [4.69, 9.17) is 5.26 Å². The molecule has 0 aliphatic heterocycles. The molecule has 0 radical (unpaired) electrons. The molecule has 2 N–H and O–H groups in total. The Kier molecular flexibility index (Phi) is 4.11. The molecule has 2 aromatic carbocycles. The van der Waals surface area contributed by atoms with Crippen LogP contribution in [0.3, 0.4) is 0 Å². The van der Waals surface area contributed by atoms with Crippen molar-refractivity contribution >= 4 is 23.1 Å². The number of aryl methyl sites for hydroxylation is 1. The second kappa shape index (κ2) is 6.54. The minimum Gasteiger partial charge on any atom is -0.339 e. The lowest BCUT2D eigenvalue weighted by Gasteiger charge is -2.08. The molecule has 0 fully saturated rings. The van der Waals surface area contributed by atoms with Gasteiger partial charge in [-0.2, -0.15) is 15.3 Å². The van der Waals surface area contributed by atoms with Crippen molar-refractivity contribution in [3.05, 3.63) is 65.9 Å². The Balaban J connectivity index is 1.74. The normalized spacial score (nSPS) is 9.91. The first-order valence-corrected chi connectivity index (χ1v) is 7.03. The molecule has 0 aliphatic rings. The summed E-state index contributed by atoms with van der Waals surface area (Å²) in [6.07, 6.45) is 1.54. The third kappa shape index (κ3) is 3.80. The summed E-state index contributed by atoms with van der Waals surface area (Å²) >= 11 is 0. The standard InChI is InChI=1S/C17H14N6/c1-12-2-6-15(7-3-12)21-17-22-16(11-19-23-17)20-14-8-4-13(10-18)5-9-14/h2-9,11H,1H3,(H2,20,21,22,23). The summed E-state index contributed by atoms with van der Waals surface area (Å²) in [4.78, 5) is 4.37. The van der Waals surface area contributed by atoms with Crippen molar-refractivity contribution in [1.29, 1.82) is 5.26 Å². The van der Waals surface area contributed by atoms with E-state index in [0.29, 0.717) is 17.3 Å². The molecule has 0 spiro atoms. The van der Waals surface area contributed by atoms with Gasteiger partial charge in [0.25, 0.3) is 0 Å². The molecule has 0 saturated carbocycles. The number of hydrogen-bond donors (Lipinski definition) is 2. The van der Waals surface area contributed by atoms with Crippen LogP contribution in [0.15, 0.2) is 54.7 Å². The van der Waals surface area contributed by atoms with Crippen molar-refractivity contribution in [2.45, 2.75) is 6.92 Å². The van der Waals surface area contributed by atoms with E-state index < -0.39 is 0 Å². The van der Waals surface area contributed by atoms with E-state index >= 15 is 0 Å². The molecular weight excluding hydrogens is 288 g/mol. The first-order valence-electron chi connectivity index (χ1n) is 7.03. The maximum atomic E-state index is 8.80. The zero-order valence-electron chi connectivity index (χ0n) is 12.5. The van der Waals surface area contributed by atoms with E-state index in [1.54, 1.807) is 18.3 Å². The topological polar surface area (TPSA) is 86.5 Å². The van der Waals surface area contributed by atoms with Crippen molar-refractivity contribution in [3.8, 4) is 6.07 Å². The van der Waals surface area contributed by atoms with Crippen molar-refractivity contribution in [1.82, 2.24) is 15.2 Å². The van der Waals surface area contributed by atoms with Crippen LogP contribution in [0.1, 0.15) is 11.1 Å². The molecule has 3 rings (SSSR count). The van der Waals surface area contributed by atoms with Crippen LogP contribution in [-0.4, -0.2) is 15.2 Å². The Morgan fingerprint density at radius 1 is 0.913 bits per heavy atom. The lowest BCUT2D eigenvalue weighted by Crippen LogP contribution is -2.02. The van der Waals surface area contributed by atoms with Gasteiger partial charge >= 0.3 is 0 Å². The summed E-state index contributed by atoms with van der Waals surface area (Å²) in [5.74, 6) is 0.979. The van der Waals surface area contributed by atoms with E-state index in [0.717, 1.165) is 11.4 Å². The second-order valence-electron chi connectivity index (χ2n) is 4.97. The van der Waals surface area contributed by atoms with E-state index in [1.165, 1.54) is 5.56 Å². The molecule has 0 unspecified atom stereocenters. The molecule has 23 heavy (non-hydrogen) atoms. The van der Waals surface area contributed by atoms with Gasteiger partial charge in [0, 0.05) is 11.4 Å². The highest BCUT2D eigenvalue weighted by molar-refractivity contribution is 5.59. The molecule has 1 heterocycles. The number of nitriles is 1. The fraction of sp³-hybridized carbons (Fsp3) is 0.0588. The number of rotatable bonds is 4. The van der Waals surface area contributed by atoms with Crippen molar-refractivity contribution < 1.29 is 0 Å². The van der Waals surface area contributed by atoms with Gasteiger partial charge in [-0.1, -0.05) is 17.7 Å². The molecule has 1 aromatic heterocycles. The Hall–Kier alpha value is -3.46. The first-order chi connectivity index (χ1) is 11.2. The summed E-state index contributed by atoms with van der Waals surface area (Å²) in [7, 11) is 0. The van der Waals surface area contributed by atoms with Gasteiger partial charge in [0.1, 0.15) is 0 Å². The van der Waals surface area contributed by atoms with E-state index in [1.807, 2.05) is 43.3 Å². The van der Waals surface area contributed by atoms with Gasteiger partial charge in [-0.05, 0) is 43.3 Å². The molecule has 0 bridgehead atoms. The predicted octanol–water partition coefficient (Wildman–Crippen LogP) is 3.54. The average molecular weight is 302 g/mol. The number of aromatic nitrogens is 3. The first kappa shape index (κ1) is 14.5. The van der Waals surface area contributed by atoms with E-state index in [9.17, 15) is 0 Å². The Labute approximate surface area is 133 Å². The quantitative estimate of drug-likeness (QED) is 0.766. The fourth-order valence-corrected chi connectivity index (χ4v) is 1.96. The molecule has 112 valence electrons. The molecule has 3 aromatic rings. The van der Waals surface area contributed by atoms with Gasteiger partial charge < -0.3 is 10.6 Å². The molecule has 0 saturated heterocycles. The van der Waals surface area contributed by atoms with Crippen LogP contribution >= 0.6 is 0 Å². The molecule has 6 heteroatoms. The number of nitrogens with one attached hydrogen (secondary N) is 2. The van der Waals surface area contributed by atoms with Crippen LogP contribution in [0.5, 0.6) is 0 Å². The van der Waals surface area contributed by atoms with Gasteiger partial charge in [0.15, 0.2) is 5.82 Å². The highest BCUT2D eigenvalue weighted by atomic mass is 15.3. The number of anilines is 4. The number of nitrogens with zero attached hydrogens (tertiary/aromatic N) is 4. The second-order valence-corrected chi connectivity index (χ2v) is 4.97. The van der Waals surface area contributed by atoms with Crippen LogP contribution in [0.2, 0.25) is 0 Å². The molecule has 6 nitrogen and oxygen atoms in total. The zero-order valence-corrected chi connectivity index (χ0v) is 12.5. The third-order valence-electron chi connectivity index (χ3n) is 3.15.